The van der Waals surface area contributed by atoms with Crippen LogP contribution in [0.2, 0.25) is 5.02 Å². The molecule has 3 amide bonds. The Kier molecular flexibility index (Phi) is 14.1. The van der Waals surface area contributed by atoms with Gasteiger partial charge in [0.1, 0.15) is 29.2 Å². The van der Waals surface area contributed by atoms with Crippen LogP contribution in [0.15, 0.2) is 83.3 Å². The molecular weight excluding hydrogens is 798 g/mol. The molecule has 4 atom stereocenters. The lowest BCUT2D eigenvalue weighted by Gasteiger charge is -2.34. The van der Waals surface area contributed by atoms with E-state index in [4.69, 9.17) is 25.5 Å². The van der Waals surface area contributed by atoms with Crippen molar-refractivity contribution in [2.45, 2.75) is 95.7 Å². The van der Waals surface area contributed by atoms with Gasteiger partial charge in [0.15, 0.2) is 5.58 Å². The van der Waals surface area contributed by atoms with Crippen molar-refractivity contribution in [2.24, 2.45) is 5.92 Å². The van der Waals surface area contributed by atoms with Gasteiger partial charge in [0.2, 0.25) is 27.6 Å². The number of ether oxygens (including phenoxy) is 2. The van der Waals surface area contributed by atoms with Crippen LogP contribution in [0, 0.1) is 5.92 Å². The van der Waals surface area contributed by atoms with Crippen LogP contribution in [0.5, 0.6) is 0 Å². The number of amides is 3. The Morgan fingerprint density at radius 3 is 2.27 bits per heavy atom. The fourth-order valence-corrected chi connectivity index (χ4v) is 8.34. The summed E-state index contributed by atoms with van der Waals surface area (Å²) in [6, 6.07) is 19.9. The average molecular weight is 850 g/mol. The van der Waals surface area contributed by atoms with E-state index in [2.05, 4.69) is 15.0 Å². The molecule has 0 unspecified atom stereocenters. The van der Waals surface area contributed by atoms with Crippen LogP contribution < -0.4 is 10.0 Å². The van der Waals surface area contributed by atoms with Crippen LogP contribution in [-0.4, -0.2) is 103 Å². The Bertz CT molecular complexity index is 2170. The van der Waals surface area contributed by atoms with E-state index in [0.717, 1.165) is 17.4 Å². The highest BCUT2D eigenvalue weighted by atomic mass is 35.5. The highest BCUT2D eigenvalue weighted by molar-refractivity contribution is 7.88. The number of Topliss-reactive ketones (excluding diaryl/α,β-unsaturated/α-hetero) is 1. The lowest BCUT2D eigenvalue weighted by molar-refractivity contribution is -0.140. The molecule has 3 aromatic carbocycles. The van der Waals surface area contributed by atoms with E-state index in [0.29, 0.717) is 48.5 Å². The number of aromatic nitrogens is 1. The van der Waals surface area contributed by atoms with Crippen molar-refractivity contribution in [3.63, 3.8) is 0 Å². The average Bonchev–Trinajstić information content (AvgIpc) is 3.83. The van der Waals surface area contributed by atoms with Crippen LogP contribution >= 0.6 is 11.6 Å². The number of hydrogen-bond donors (Lipinski definition) is 2. The molecule has 1 aromatic heterocycles. The number of benzene rings is 3. The van der Waals surface area contributed by atoms with Gasteiger partial charge in [-0.2, -0.15) is 0 Å². The third-order valence-corrected chi connectivity index (χ3v) is 11.4. The molecule has 3 heterocycles. The van der Waals surface area contributed by atoms with Crippen molar-refractivity contribution in [1.82, 2.24) is 24.8 Å². The first-order valence-electron chi connectivity index (χ1n) is 19.9. The maximum absolute atomic E-state index is 14.6. The Hall–Kier alpha value is -4.83. The third-order valence-electron chi connectivity index (χ3n) is 10.5. The van der Waals surface area contributed by atoms with Gasteiger partial charge in [-0.3, -0.25) is 14.4 Å². The first-order chi connectivity index (χ1) is 28.0. The number of piperidine rings is 1. The quantitative estimate of drug-likeness (QED) is 0.137. The van der Waals surface area contributed by atoms with Crippen molar-refractivity contribution < 1.29 is 41.5 Å². The van der Waals surface area contributed by atoms with Crippen molar-refractivity contribution >= 4 is 56.4 Å². The maximum Gasteiger partial charge on any atom is 0.410 e. The van der Waals surface area contributed by atoms with Crippen LogP contribution in [-0.2, 0) is 42.1 Å². The van der Waals surface area contributed by atoms with Crippen molar-refractivity contribution in [3.05, 3.63) is 101 Å². The number of carbonyl (C=O) groups is 4. The summed E-state index contributed by atoms with van der Waals surface area (Å²) in [7, 11) is -3.87. The molecule has 59 heavy (non-hydrogen) atoms. The van der Waals surface area contributed by atoms with Crippen LogP contribution in [0.3, 0.4) is 0 Å². The normalized spacial score (nSPS) is 18.7. The predicted molar refractivity (Wildman–Crippen MR) is 222 cm³/mol. The van der Waals surface area contributed by atoms with Gasteiger partial charge in [-0.15, -0.1) is 0 Å². The second kappa shape index (κ2) is 19.0. The van der Waals surface area contributed by atoms with E-state index in [-0.39, 0.29) is 50.3 Å². The molecule has 16 heteroatoms. The third kappa shape index (κ3) is 12.4. The van der Waals surface area contributed by atoms with Crippen molar-refractivity contribution in [3.8, 4) is 0 Å². The van der Waals surface area contributed by atoms with Gasteiger partial charge in [0.25, 0.3) is 5.89 Å². The highest BCUT2D eigenvalue weighted by Crippen LogP contribution is 2.28. The van der Waals surface area contributed by atoms with Crippen molar-refractivity contribution in [2.75, 3.05) is 25.9 Å². The fraction of sp³-hybridized carbons (Fsp3) is 0.465. The number of para-hydroxylation sites is 2. The monoisotopic (exact) mass is 849 g/mol. The summed E-state index contributed by atoms with van der Waals surface area (Å²) in [4.78, 5) is 63.1. The summed E-state index contributed by atoms with van der Waals surface area (Å²) >= 11 is 6.08. The highest BCUT2D eigenvalue weighted by Gasteiger charge is 2.44. The first kappa shape index (κ1) is 43.7. The number of nitrogens with one attached hydrogen (secondary N) is 2. The van der Waals surface area contributed by atoms with Crippen molar-refractivity contribution in [1.29, 1.82) is 0 Å². The number of hydrogen-bond acceptors (Lipinski definition) is 10. The standard InChI is InChI=1S/C43H52ClN5O9S/c1-43(2,3)58-42(53)48-22-20-28(21-23-48)16-19-34(47-59(4,54)55)41(52)49-26-32(56-27-30-14-17-31(44)18-15-30)25-36(49)39(51)45-35(24-29-10-6-5-7-11-29)38(50)40-46-33-12-8-9-13-37(33)57-40/h5-15,17-18,28,32,34-36,47H,16,19-27H2,1-4H3,(H,45,51)/t32-,34-,35+,36+/m1/s1. The molecule has 2 fully saturated rings. The molecule has 316 valence electrons. The van der Waals surface area contributed by atoms with Gasteiger partial charge in [0, 0.05) is 37.5 Å². The van der Waals surface area contributed by atoms with Crippen LogP contribution in [0.1, 0.15) is 74.7 Å². The van der Waals surface area contributed by atoms with Gasteiger partial charge in [-0.1, -0.05) is 66.2 Å². The van der Waals surface area contributed by atoms with E-state index in [1.54, 1.807) is 41.3 Å². The molecule has 0 saturated carbocycles. The SMILES string of the molecule is CC(C)(C)OC(=O)N1CCC(CC[C@@H](NS(C)(=O)=O)C(=O)N2C[C@H](OCc3ccc(Cl)cc3)C[C@H]2C(=O)N[C@@H](Cc2ccccc2)C(=O)c2nc3ccccc3o2)CC1. The molecule has 14 nitrogen and oxygen atoms in total. The lowest BCUT2D eigenvalue weighted by Crippen LogP contribution is -2.55. The van der Waals surface area contributed by atoms with E-state index >= 15 is 0 Å². The minimum Gasteiger partial charge on any atom is -0.444 e. The lowest BCUT2D eigenvalue weighted by atomic mass is 9.90. The van der Waals surface area contributed by atoms with Gasteiger partial charge in [-0.05, 0) is 87.8 Å². The number of sulfonamides is 1. The van der Waals surface area contributed by atoms with Gasteiger partial charge in [-0.25, -0.2) is 22.9 Å². The number of ketones is 1. The first-order valence-corrected chi connectivity index (χ1v) is 22.1. The number of likely N-dealkylation sites (tertiary alicyclic amines) is 2. The Labute approximate surface area is 350 Å². The Morgan fingerprint density at radius 1 is 0.932 bits per heavy atom. The zero-order valence-corrected chi connectivity index (χ0v) is 35.3. The molecule has 0 aliphatic carbocycles. The second-order valence-corrected chi connectivity index (χ2v) is 18.6. The molecule has 6 rings (SSSR count). The molecule has 2 saturated heterocycles. The van der Waals surface area contributed by atoms with E-state index in [1.165, 1.54) is 4.90 Å². The number of nitrogens with zero attached hydrogens (tertiary/aromatic N) is 3. The molecule has 2 N–H and O–H groups in total. The fourth-order valence-electron chi connectivity index (χ4n) is 7.48. The van der Waals surface area contributed by atoms with E-state index < -0.39 is 57.5 Å². The number of fused-ring (bicyclic) bond motifs is 1. The zero-order valence-electron chi connectivity index (χ0n) is 33.8. The number of rotatable bonds is 15. The molecule has 0 spiro atoms. The molecule has 2 aliphatic rings. The summed E-state index contributed by atoms with van der Waals surface area (Å²) < 4.78 is 45.5. The molecule has 0 bridgehead atoms. The van der Waals surface area contributed by atoms with E-state index in [1.807, 2.05) is 63.2 Å². The smallest absolute Gasteiger partial charge is 0.410 e. The minimum absolute atomic E-state index is 0.00313. The Morgan fingerprint density at radius 2 is 1.61 bits per heavy atom. The molecule has 2 aliphatic heterocycles. The molecule has 4 aromatic rings. The largest absolute Gasteiger partial charge is 0.444 e. The number of carbonyl (C=O) groups excluding carboxylic acids is 4. The Balaban J connectivity index is 1.21. The summed E-state index contributed by atoms with van der Waals surface area (Å²) in [5.41, 5.74) is 1.91. The zero-order chi connectivity index (χ0) is 42.3. The summed E-state index contributed by atoms with van der Waals surface area (Å²) in [6.07, 6.45) is 2.21. The minimum atomic E-state index is -3.87. The van der Waals surface area contributed by atoms with Gasteiger partial charge < -0.3 is 29.0 Å². The predicted octanol–water partition coefficient (Wildman–Crippen LogP) is 5.92. The van der Waals surface area contributed by atoms with Gasteiger partial charge in [0.05, 0.1) is 19.0 Å². The molecular formula is C43H52ClN5O9S. The van der Waals surface area contributed by atoms with Crippen LogP contribution in [0.25, 0.3) is 11.1 Å². The second-order valence-electron chi connectivity index (χ2n) is 16.3. The summed E-state index contributed by atoms with van der Waals surface area (Å²) in [5.74, 6) is -1.77. The van der Waals surface area contributed by atoms with Gasteiger partial charge >= 0.3 is 6.09 Å². The maximum atomic E-state index is 14.6. The van der Waals surface area contributed by atoms with Crippen LogP contribution in [0.4, 0.5) is 4.79 Å². The summed E-state index contributed by atoms with van der Waals surface area (Å²) in [5, 5.41) is 3.47. The topological polar surface area (TPSA) is 177 Å². The molecule has 0 radical (unpaired) electrons. The number of oxazole rings is 1. The number of halogens is 1. The summed E-state index contributed by atoms with van der Waals surface area (Å²) in [6.45, 7) is 6.58. The van der Waals surface area contributed by atoms with E-state index in [9.17, 15) is 27.6 Å².